The van der Waals surface area contributed by atoms with Crippen molar-refractivity contribution in [3.05, 3.63) is 82.8 Å². The van der Waals surface area contributed by atoms with Crippen LogP contribution in [0.3, 0.4) is 0 Å². The Labute approximate surface area is 173 Å². The monoisotopic (exact) mass is 406 g/mol. The topological polar surface area (TPSA) is 69.0 Å². The van der Waals surface area contributed by atoms with E-state index in [4.69, 9.17) is 16.3 Å². The molecular weight excluding hydrogens is 388 g/mol. The minimum absolute atomic E-state index is 0.00417. The van der Waals surface area contributed by atoms with E-state index in [-0.39, 0.29) is 23.7 Å². The van der Waals surface area contributed by atoms with Gasteiger partial charge in [0.25, 0.3) is 0 Å². The van der Waals surface area contributed by atoms with Crippen molar-refractivity contribution in [1.29, 1.82) is 0 Å². The van der Waals surface area contributed by atoms with Crippen molar-refractivity contribution in [2.45, 2.75) is 18.4 Å². The summed E-state index contributed by atoms with van der Waals surface area (Å²) in [6.07, 6.45) is 4.09. The van der Waals surface area contributed by atoms with Crippen LogP contribution in [0.2, 0.25) is 5.02 Å². The van der Waals surface area contributed by atoms with Crippen LogP contribution in [0.4, 0.5) is 5.95 Å². The first-order chi connectivity index (χ1) is 14.1. The van der Waals surface area contributed by atoms with Crippen LogP contribution in [-0.4, -0.2) is 27.7 Å². The molecule has 1 aliphatic carbocycles. The molecule has 0 unspecified atom stereocenters. The molecule has 0 saturated carbocycles. The molecule has 0 bridgehead atoms. The van der Waals surface area contributed by atoms with E-state index in [1.807, 2.05) is 48.5 Å². The van der Waals surface area contributed by atoms with E-state index in [1.54, 1.807) is 11.8 Å². The second-order valence-corrected chi connectivity index (χ2v) is 7.74. The third-order valence-electron chi connectivity index (χ3n) is 5.65. The zero-order valence-electron chi connectivity index (χ0n) is 15.7. The number of benzene rings is 2. The third-order valence-corrected chi connectivity index (χ3v) is 5.90. The number of ether oxygens (including phenoxy) is 1. The molecule has 0 radical (unpaired) electrons. The predicted molar refractivity (Wildman–Crippen MR) is 110 cm³/mol. The number of rotatable bonds is 3. The molecule has 0 fully saturated rings. The Morgan fingerprint density at radius 3 is 2.55 bits per heavy atom. The molecule has 2 aliphatic rings. The highest BCUT2D eigenvalue weighted by atomic mass is 35.5. The van der Waals surface area contributed by atoms with Crippen LogP contribution in [0.5, 0.6) is 5.75 Å². The van der Waals surface area contributed by atoms with Crippen LogP contribution in [0.25, 0.3) is 0 Å². The second kappa shape index (κ2) is 7.04. The fourth-order valence-electron chi connectivity index (χ4n) is 4.23. The number of carbonyl (C=O) groups excluding carboxylic acids is 1. The number of allylic oxidation sites excluding steroid dienone is 2. The van der Waals surface area contributed by atoms with Crippen LogP contribution < -0.4 is 10.1 Å². The van der Waals surface area contributed by atoms with Crippen LogP contribution in [-0.2, 0) is 4.79 Å². The normalized spacial score (nSPS) is 22.9. The molecule has 5 rings (SSSR count). The minimum atomic E-state index is -0.332. The fraction of sp³-hybridized carbons (Fsp3) is 0.227. The molecule has 0 spiro atoms. The molecule has 1 aromatic heterocycles. The number of carbonyl (C=O) groups is 1. The Balaban J connectivity index is 1.58. The van der Waals surface area contributed by atoms with Crippen molar-refractivity contribution in [2.24, 2.45) is 5.92 Å². The number of aromatic nitrogens is 3. The average molecular weight is 407 g/mol. The van der Waals surface area contributed by atoms with Gasteiger partial charge in [-0.1, -0.05) is 41.9 Å². The average Bonchev–Trinajstić information content (AvgIpc) is 3.21. The summed E-state index contributed by atoms with van der Waals surface area (Å²) in [7, 11) is 1.64. The fourth-order valence-corrected chi connectivity index (χ4v) is 4.36. The van der Waals surface area contributed by atoms with E-state index in [2.05, 4.69) is 21.5 Å². The number of ketones is 1. The lowest BCUT2D eigenvalue weighted by molar-refractivity contribution is -0.123. The number of methoxy groups -OCH3 is 1. The Kier molecular flexibility index (Phi) is 4.36. The van der Waals surface area contributed by atoms with Gasteiger partial charge in [0.05, 0.1) is 19.1 Å². The number of hydrogen-bond donors (Lipinski definition) is 1. The molecule has 1 N–H and O–H groups in total. The van der Waals surface area contributed by atoms with E-state index >= 15 is 0 Å². The molecule has 7 heteroatoms. The zero-order chi connectivity index (χ0) is 20.0. The maximum atomic E-state index is 13.3. The van der Waals surface area contributed by atoms with Crippen molar-refractivity contribution >= 4 is 23.3 Å². The minimum Gasteiger partial charge on any atom is -0.497 e. The van der Waals surface area contributed by atoms with Gasteiger partial charge in [0.1, 0.15) is 17.9 Å². The van der Waals surface area contributed by atoms with Crippen molar-refractivity contribution in [2.75, 3.05) is 12.4 Å². The van der Waals surface area contributed by atoms with Crippen LogP contribution in [0, 0.1) is 5.92 Å². The number of fused-ring (bicyclic) bond motifs is 2. The summed E-state index contributed by atoms with van der Waals surface area (Å²) in [6, 6.07) is 15.2. The summed E-state index contributed by atoms with van der Waals surface area (Å²) in [5.74, 6) is 1.26. The van der Waals surface area contributed by atoms with Gasteiger partial charge in [-0.2, -0.15) is 10.1 Å². The lowest BCUT2D eigenvalue weighted by Crippen LogP contribution is -2.40. The first-order valence-electron chi connectivity index (χ1n) is 9.44. The Morgan fingerprint density at radius 1 is 1.10 bits per heavy atom. The smallest absolute Gasteiger partial charge is 0.226 e. The second-order valence-electron chi connectivity index (χ2n) is 7.30. The number of hydrogen-bond acceptors (Lipinski definition) is 5. The van der Waals surface area contributed by atoms with E-state index < -0.39 is 0 Å². The summed E-state index contributed by atoms with van der Waals surface area (Å²) in [5, 5.41) is 8.39. The first kappa shape index (κ1) is 17.9. The zero-order valence-corrected chi connectivity index (χ0v) is 16.5. The molecule has 2 aromatic carbocycles. The summed E-state index contributed by atoms with van der Waals surface area (Å²) >= 11 is 6.02. The summed E-state index contributed by atoms with van der Waals surface area (Å²) < 4.78 is 7.07. The van der Waals surface area contributed by atoms with E-state index in [0.717, 1.165) is 22.6 Å². The van der Waals surface area contributed by atoms with Gasteiger partial charge in [0.2, 0.25) is 5.95 Å². The SMILES string of the molecule is COc1ccc([C@@H]2[C@H]3C(=O)C[C@H](c4ccc(Cl)cc4)C=C3Nc3ncnn32)cc1. The van der Waals surface area contributed by atoms with Gasteiger partial charge in [-0.3, -0.25) is 4.79 Å². The molecule has 0 saturated heterocycles. The van der Waals surface area contributed by atoms with E-state index in [0.29, 0.717) is 17.4 Å². The maximum Gasteiger partial charge on any atom is 0.226 e. The molecular formula is C22H19ClN4O2. The number of anilines is 1. The first-order valence-corrected chi connectivity index (χ1v) is 9.82. The molecule has 29 heavy (non-hydrogen) atoms. The molecule has 2 heterocycles. The predicted octanol–water partition coefficient (Wildman–Crippen LogP) is 4.21. The van der Waals surface area contributed by atoms with Crippen molar-refractivity contribution < 1.29 is 9.53 Å². The van der Waals surface area contributed by atoms with Crippen LogP contribution in [0.15, 0.2) is 66.6 Å². The summed E-state index contributed by atoms with van der Waals surface area (Å²) in [6.45, 7) is 0. The van der Waals surface area contributed by atoms with Gasteiger partial charge < -0.3 is 10.1 Å². The summed E-state index contributed by atoms with van der Waals surface area (Å²) in [4.78, 5) is 17.7. The Hall–Kier alpha value is -3.12. The highest BCUT2D eigenvalue weighted by Crippen LogP contribution is 2.44. The Bertz CT molecular complexity index is 1090. The van der Waals surface area contributed by atoms with Gasteiger partial charge in [-0.25, -0.2) is 4.68 Å². The van der Waals surface area contributed by atoms with E-state index in [9.17, 15) is 4.79 Å². The van der Waals surface area contributed by atoms with Gasteiger partial charge in [0, 0.05) is 23.1 Å². The van der Waals surface area contributed by atoms with Crippen LogP contribution >= 0.6 is 11.6 Å². The quantitative estimate of drug-likeness (QED) is 0.705. The molecule has 0 amide bonds. The third kappa shape index (κ3) is 3.09. The Morgan fingerprint density at radius 2 is 1.83 bits per heavy atom. The number of nitrogens with zero attached hydrogens (tertiary/aromatic N) is 3. The van der Waals surface area contributed by atoms with Crippen molar-refractivity contribution in [3.63, 3.8) is 0 Å². The van der Waals surface area contributed by atoms with E-state index in [1.165, 1.54) is 6.33 Å². The molecule has 6 nitrogen and oxygen atoms in total. The molecule has 3 aromatic rings. The standard InChI is InChI=1S/C22H19ClN4O2/c1-29-17-8-4-14(5-9-17)21-20-18(26-22-24-12-25-27(21)22)10-15(11-19(20)28)13-2-6-16(23)7-3-13/h2-10,12,15,20-21H,11H2,1H3,(H,24,25,26)/t15-,20-,21-/m1/s1. The highest BCUT2D eigenvalue weighted by molar-refractivity contribution is 6.30. The van der Waals surface area contributed by atoms with Gasteiger partial charge >= 0.3 is 0 Å². The highest BCUT2D eigenvalue weighted by Gasteiger charge is 2.43. The lowest BCUT2D eigenvalue weighted by Gasteiger charge is -2.38. The molecule has 3 atom stereocenters. The molecule has 1 aliphatic heterocycles. The van der Waals surface area contributed by atoms with Crippen molar-refractivity contribution in [1.82, 2.24) is 14.8 Å². The van der Waals surface area contributed by atoms with Gasteiger partial charge in [-0.05, 0) is 35.4 Å². The largest absolute Gasteiger partial charge is 0.497 e. The number of halogens is 1. The van der Waals surface area contributed by atoms with Gasteiger partial charge in [-0.15, -0.1) is 0 Å². The lowest BCUT2D eigenvalue weighted by atomic mass is 9.76. The number of Topliss-reactive ketones (excluding diaryl/α,β-unsaturated/α-hetero) is 1. The molecule has 146 valence electrons. The van der Waals surface area contributed by atoms with Crippen molar-refractivity contribution in [3.8, 4) is 5.75 Å². The van der Waals surface area contributed by atoms with Gasteiger partial charge in [0.15, 0.2) is 0 Å². The summed E-state index contributed by atoms with van der Waals surface area (Å²) in [5.41, 5.74) is 2.94. The number of nitrogens with one attached hydrogen (secondary N) is 1. The van der Waals surface area contributed by atoms with Crippen LogP contribution in [0.1, 0.15) is 29.5 Å². The maximum absolute atomic E-state index is 13.3.